The van der Waals surface area contributed by atoms with E-state index in [1.807, 2.05) is 10.8 Å². The zero-order valence-corrected chi connectivity index (χ0v) is 21.5. The van der Waals surface area contributed by atoms with Crippen LogP contribution < -0.4 is 14.9 Å². The molecule has 4 rings (SSSR count). The highest BCUT2D eigenvalue weighted by Crippen LogP contribution is 2.33. The van der Waals surface area contributed by atoms with Gasteiger partial charge in [-0.15, -0.1) is 11.3 Å². The van der Waals surface area contributed by atoms with E-state index in [0.717, 1.165) is 29.9 Å². The van der Waals surface area contributed by atoms with E-state index in [0.29, 0.717) is 37.7 Å². The largest absolute Gasteiger partial charge is 0.491 e. The molecule has 2 aromatic rings. The predicted octanol–water partition coefficient (Wildman–Crippen LogP) is 4.15. The Morgan fingerprint density at radius 2 is 2.08 bits per heavy atom. The quantitative estimate of drug-likeness (QED) is 0.611. The van der Waals surface area contributed by atoms with Gasteiger partial charge in [-0.3, -0.25) is 4.79 Å². The molecule has 1 aromatic heterocycles. The number of hydrogen-bond acceptors (Lipinski definition) is 6. The predicted molar refractivity (Wildman–Crippen MR) is 129 cm³/mol. The summed E-state index contributed by atoms with van der Waals surface area (Å²) in [4.78, 5) is 19.0. The average Bonchev–Trinajstić information content (AvgIpc) is 3.48. The fraction of sp³-hybridized carbons (Fsp3) is 0.600. The van der Waals surface area contributed by atoms with Gasteiger partial charge in [0.05, 0.1) is 43.0 Å². The van der Waals surface area contributed by atoms with Crippen LogP contribution in [0.4, 0.5) is 13.2 Å². The van der Waals surface area contributed by atoms with Crippen LogP contribution in [-0.2, 0) is 27.6 Å². The molecular formula is C25H32F3N3O4S. The lowest BCUT2D eigenvalue weighted by molar-refractivity contribution is -0.137. The highest BCUT2D eigenvalue weighted by atomic mass is 32.1. The lowest BCUT2D eigenvalue weighted by atomic mass is 9.95. The van der Waals surface area contributed by atoms with E-state index in [2.05, 4.69) is 31.1 Å². The molecular weight excluding hydrogens is 495 g/mol. The molecule has 2 fully saturated rings. The number of hydrogen-bond donors (Lipinski definition) is 1. The Bertz CT molecular complexity index is 1120. The molecule has 0 unspecified atom stereocenters. The van der Waals surface area contributed by atoms with Crippen LogP contribution in [0.5, 0.6) is 5.75 Å². The van der Waals surface area contributed by atoms with Crippen molar-refractivity contribution in [2.24, 2.45) is 4.99 Å². The van der Waals surface area contributed by atoms with E-state index < -0.39 is 17.6 Å². The van der Waals surface area contributed by atoms with Crippen molar-refractivity contribution in [3.8, 4) is 5.75 Å². The van der Waals surface area contributed by atoms with E-state index >= 15 is 0 Å². The summed E-state index contributed by atoms with van der Waals surface area (Å²) in [7, 11) is 0. The standard InChI is InChI=1S/C25H32F3N3O4S/c1-24(2,3)21-13-31(12-18-5-4-9-34-18)23(36-21)30-22(32)19-11-16(25(26,27)28)6-7-20(19)35-15-17-14-33-10-8-29-17/h6-7,11,13,17-18,29H,4-5,8-10,12,14-15H2,1-3H3/b30-23-/t17-,18+/m0/s1. The number of nitrogens with zero attached hydrogens (tertiary/aromatic N) is 2. The number of aromatic nitrogens is 1. The van der Waals surface area contributed by atoms with Gasteiger partial charge in [-0.05, 0) is 36.5 Å². The first kappa shape index (κ1) is 26.8. The number of carbonyl (C=O) groups is 1. The maximum absolute atomic E-state index is 13.5. The first-order valence-electron chi connectivity index (χ1n) is 12.1. The van der Waals surface area contributed by atoms with Crippen LogP contribution in [0, 0.1) is 0 Å². The number of carbonyl (C=O) groups excluding carboxylic acids is 1. The van der Waals surface area contributed by atoms with Gasteiger partial charge in [-0.25, -0.2) is 0 Å². The molecule has 0 radical (unpaired) electrons. The average molecular weight is 528 g/mol. The SMILES string of the molecule is CC(C)(C)c1cn(C[C@H]2CCCO2)/c(=N/C(=O)c2cc(C(F)(F)F)ccc2OC[C@@H]2COCCN2)s1. The van der Waals surface area contributed by atoms with E-state index in [1.54, 1.807) is 0 Å². The van der Waals surface area contributed by atoms with Crippen LogP contribution in [-0.4, -0.2) is 55.6 Å². The molecule has 2 aliphatic heterocycles. The summed E-state index contributed by atoms with van der Waals surface area (Å²) in [6.45, 7) is 9.20. The molecule has 1 N–H and O–H groups in total. The van der Waals surface area contributed by atoms with Gasteiger partial charge in [0, 0.05) is 24.2 Å². The number of morpholine rings is 1. The van der Waals surface area contributed by atoms with Gasteiger partial charge in [0.25, 0.3) is 5.91 Å². The van der Waals surface area contributed by atoms with Crippen LogP contribution in [0.2, 0.25) is 0 Å². The van der Waals surface area contributed by atoms with E-state index in [1.165, 1.54) is 17.4 Å². The maximum atomic E-state index is 13.5. The van der Waals surface area contributed by atoms with Gasteiger partial charge in [-0.1, -0.05) is 20.8 Å². The molecule has 1 aromatic carbocycles. The number of halogens is 3. The summed E-state index contributed by atoms with van der Waals surface area (Å²) in [5.74, 6) is -0.727. The first-order valence-corrected chi connectivity index (χ1v) is 12.9. The van der Waals surface area contributed by atoms with Crippen molar-refractivity contribution >= 4 is 17.2 Å². The van der Waals surface area contributed by atoms with Gasteiger partial charge in [-0.2, -0.15) is 18.2 Å². The highest BCUT2D eigenvalue weighted by Gasteiger charge is 2.32. The highest BCUT2D eigenvalue weighted by molar-refractivity contribution is 7.09. The van der Waals surface area contributed by atoms with E-state index in [4.69, 9.17) is 14.2 Å². The summed E-state index contributed by atoms with van der Waals surface area (Å²) < 4.78 is 59.2. The third kappa shape index (κ3) is 6.76. The number of nitrogens with one attached hydrogen (secondary N) is 1. The van der Waals surface area contributed by atoms with Crippen molar-refractivity contribution in [2.75, 3.05) is 33.0 Å². The molecule has 2 aliphatic rings. The number of ether oxygens (including phenoxy) is 3. The van der Waals surface area contributed by atoms with Crippen molar-refractivity contribution in [2.45, 2.75) is 63.9 Å². The third-order valence-corrected chi connectivity index (χ3v) is 7.50. The van der Waals surface area contributed by atoms with Gasteiger partial charge in [0.2, 0.25) is 0 Å². The van der Waals surface area contributed by atoms with Gasteiger partial charge in [0.1, 0.15) is 12.4 Å². The minimum absolute atomic E-state index is 0.0131. The Kier molecular flexibility index (Phi) is 8.23. The number of benzene rings is 1. The lowest BCUT2D eigenvalue weighted by Gasteiger charge is -2.24. The van der Waals surface area contributed by atoms with Crippen molar-refractivity contribution < 1.29 is 32.2 Å². The number of alkyl halides is 3. The number of thiazole rings is 1. The molecule has 2 atom stereocenters. The second-order valence-corrected chi connectivity index (χ2v) is 11.1. The molecule has 1 amide bonds. The summed E-state index contributed by atoms with van der Waals surface area (Å²) >= 11 is 1.35. The first-order chi connectivity index (χ1) is 17.0. The number of amides is 1. The Labute approximate surface area is 212 Å². The molecule has 11 heteroatoms. The van der Waals surface area contributed by atoms with Gasteiger partial charge < -0.3 is 24.1 Å². The Balaban J connectivity index is 1.68. The van der Waals surface area contributed by atoms with Crippen LogP contribution in [0.25, 0.3) is 0 Å². The van der Waals surface area contributed by atoms with Crippen molar-refractivity contribution in [1.82, 2.24) is 9.88 Å². The van der Waals surface area contributed by atoms with Gasteiger partial charge in [0.15, 0.2) is 4.80 Å². The fourth-order valence-corrected chi connectivity index (χ4v) is 5.07. The lowest BCUT2D eigenvalue weighted by Crippen LogP contribution is -2.44. The monoisotopic (exact) mass is 527 g/mol. The van der Waals surface area contributed by atoms with E-state index in [9.17, 15) is 18.0 Å². The van der Waals surface area contributed by atoms with Crippen molar-refractivity contribution in [1.29, 1.82) is 0 Å². The van der Waals surface area contributed by atoms with Crippen LogP contribution >= 0.6 is 11.3 Å². The summed E-state index contributed by atoms with van der Waals surface area (Å²) in [6, 6.07) is 2.79. The fourth-order valence-electron chi connectivity index (χ4n) is 4.02. The molecule has 7 nitrogen and oxygen atoms in total. The minimum Gasteiger partial charge on any atom is -0.491 e. The summed E-state index contributed by atoms with van der Waals surface area (Å²) in [6.07, 6.45) is -0.755. The topological polar surface area (TPSA) is 74.1 Å². The molecule has 0 saturated carbocycles. The molecule has 3 heterocycles. The zero-order chi connectivity index (χ0) is 25.9. The van der Waals surface area contributed by atoms with Crippen LogP contribution in [0.1, 0.15) is 54.4 Å². The molecule has 0 spiro atoms. The van der Waals surface area contributed by atoms with E-state index in [-0.39, 0.29) is 35.5 Å². The smallest absolute Gasteiger partial charge is 0.416 e. The molecule has 0 aliphatic carbocycles. The Morgan fingerprint density at radius 3 is 2.72 bits per heavy atom. The summed E-state index contributed by atoms with van der Waals surface area (Å²) in [5.41, 5.74) is -1.34. The molecule has 0 bridgehead atoms. The maximum Gasteiger partial charge on any atom is 0.416 e. The van der Waals surface area contributed by atoms with Gasteiger partial charge >= 0.3 is 6.18 Å². The third-order valence-electron chi connectivity index (χ3n) is 6.06. The number of rotatable bonds is 6. The minimum atomic E-state index is -4.60. The Morgan fingerprint density at radius 1 is 1.28 bits per heavy atom. The second-order valence-electron chi connectivity index (χ2n) is 10.1. The van der Waals surface area contributed by atoms with Crippen LogP contribution in [0.15, 0.2) is 29.4 Å². The normalized spacial score (nSPS) is 21.7. The van der Waals surface area contributed by atoms with Crippen molar-refractivity contribution in [3.05, 3.63) is 45.2 Å². The zero-order valence-electron chi connectivity index (χ0n) is 20.7. The molecule has 2 saturated heterocycles. The molecule has 198 valence electrons. The molecule has 36 heavy (non-hydrogen) atoms. The Hall–Kier alpha value is -2.21. The van der Waals surface area contributed by atoms with Crippen molar-refractivity contribution in [3.63, 3.8) is 0 Å². The summed E-state index contributed by atoms with van der Waals surface area (Å²) in [5, 5.41) is 3.22. The van der Waals surface area contributed by atoms with Crippen LogP contribution in [0.3, 0.4) is 0 Å². The second kappa shape index (κ2) is 11.0.